The first-order valence-electron chi connectivity index (χ1n) is 19.0. The van der Waals surface area contributed by atoms with E-state index >= 15 is 0 Å². The molecule has 0 heterocycles. The van der Waals surface area contributed by atoms with Gasteiger partial charge in [0, 0.05) is 34.8 Å². The van der Waals surface area contributed by atoms with Crippen molar-refractivity contribution < 1.29 is 0 Å². The van der Waals surface area contributed by atoms with E-state index in [0.29, 0.717) is 0 Å². The number of rotatable bonds is 0. The van der Waals surface area contributed by atoms with E-state index in [1.807, 2.05) is 0 Å². The van der Waals surface area contributed by atoms with Crippen LogP contribution < -0.4 is 0 Å². The summed E-state index contributed by atoms with van der Waals surface area (Å²) in [5, 5.41) is 10.0. The number of fused-ring (bicyclic) bond motifs is 4. The molecule has 6 aliphatic carbocycles. The normalized spacial score (nSPS) is 19.1. The first-order valence-corrected chi connectivity index (χ1v) is 19.0. The van der Waals surface area contributed by atoms with Crippen molar-refractivity contribution in [1.29, 1.82) is 0 Å². The van der Waals surface area contributed by atoms with Gasteiger partial charge in [-0.25, -0.2) is 0 Å². The third kappa shape index (κ3) is 3.39. The second-order valence-electron chi connectivity index (χ2n) is 15.7. The number of benzene rings is 9. The molecule has 54 heavy (non-hydrogen) atoms. The Morgan fingerprint density at radius 3 is 0.593 bits per heavy atom. The van der Waals surface area contributed by atoms with Crippen molar-refractivity contribution in [3.05, 3.63) is 223 Å². The van der Waals surface area contributed by atoms with E-state index in [0.717, 1.165) is 11.1 Å². The van der Waals surface area contributed by atoms with E-state index in [9.17, 15) is 0 Å². The van der Waals surface area contributed by atoms with E-state index in [-0.39, 0.29) is 23.7 Å². The molecule has 0 spiro atoms. The van der Waals surface area contributed by atoms with Crippen LogP contribution in [0, 0.1) is 24.7 Å². The maximum Gasteiger partial charge on any atom is 0.0362 e. The number of hydrogen-bond acceptors (Lipinski definition) is 0. The molecule has 0 amide bonds. The lowest BCUT2D eigenvalue weighted by atomic mass is 9.53. The maximum atomic E-state index is 6.89. The summed E-state index contributed by atoms with van der Waals surface area (Å²) in [5.74, 6) is 6.71. The minimum absolute atomic E-state index is 0.0275. The number of terminal acetylenes is 2. The molecule has 0 aromatic heterocycles. The van der Waals surface area contributed by atoms with Crippen LogP contribution in [0.3, 0.4) is 0 Å². The van der Waals surface area contributed by atoms with Gasteiger partial charge in [0.2, 0.25) is 0 Å². The van der Waals surface area contributed by atoms with Gasteiger partial charge in [-0.3, -0.25) is 0 Å². The van der Waals surface area contributed by atoms with E-state index in [1.165, 1.54) is 110 Å². The zero-order valence-corrected chi connectivity index (χ0v) is 29.3. The van der Waals surface area contributed by atoms with Crippen molar-refractivity contribution in [2.45, 2.75) is 23.7 Å². The van der Waals surface area contributed by atoms with Crippen LogP contribution in [0.15, 0.2) is 146 Å². The van der Waals surface area contributed by atoms with Crippen molar-refractivity contribution in [1.82, 2.24) is 0 Å². The van der Waals surface area contributed by atoms with Crippen molar-refractivity contribution in [3.63, 3.8) is 0 Å². The fourth-order valence-corrected chi connectivity index (χ4v) is 11.4. The molecule has 9 aromatic carbocycles. The van der Waals surface area contributed by atoms with Crippen LogP contribution in [0.5, 0.6) is 0 Å². The molecule has 0 unspecified atom stereocenters. The minimum atomic E-state index is -0.0275. The van der Waals surface area contributed by atoms with Crippen LogP contribution in [-0.2, 0) is 0 Å². The van der Waals surface area contributed by atoms with Gasteiger partial charge in [0.15, 0.2) is 0 Å². The van der Waals surface area contributed by atoms with E-state index in [4.69, 9.17) is 12.8 Å². The van der Waals surface area contributed by atoms with Crippen molar-refractivity contribution >= 4 is 43.1 Å². The SMILES string of the molecule is C#Cc1c2c(c(C#C)c3c1C1c4cc5ccccc5cc4C3c3cc4ccccc4cc31)C1c3cc4ccccc4cc3C2c2cc3ccccc3cc21. The highest BCUT2D eigenvalue weighted by Crippen LogP contribution is 2.65. The molecule has 0 N–H and O–H groups in total. The van der Waals surface area contributed by atoms with Crippen molar-refractivity contribution in [3.8, 4) is 24.7 Å². The third-order valence-corrected chi connectivity index (χ3v) is 13.4. The van der Waals surface area contributed by atoms with Crippen molar-refractivity contribution in [2.24, 2.45) is 0 Å². The Hall–Kier alpha value is -6.86. The highest BCUT2D eigenvalue weighted by molar-refractivity contribution is 5.95. The summed E-state index contributed by atoms with van der Waals surface area (Å²) >= 11 is 0. The van der Waals surface area contributed by atoms with Crippen LogP contribution in [-0.4, -0.2) is 0 Å². The minimum Gasteiger partial charge on any atom is -0.115 e. The van der Waals surface area contributed by atoms with Gasteiger partial charge in [-0.1, -0.05) is 109 Å². The lowest BCUT2D eigenvalue weighted by Crippen LogP contribution is -2.35. The van der Waals surface area contributed by atoms with Crippen LogP contribution in [0.1, 0.15) is 102 Å². The zero-order chi connectivity index (χ0) is 35.4. The molecule has 246 valence electrons. The molecule has 0 atom stereocenters. The lowest BCUT2D eigenvalue weighted by Gasteiger charge is -2.49. The number of hydrogen-bond donors (Lipinski definition) is 0. The van der Waals surface area contributed by atoms with E-state index in [2.05, 4.69) is 157 Å². The topological polar surface area (TPSA) is 0 Å². The molecule has 4 bridgehead atoms. The second kappa shape index (κ2) is 9.96. The molecule has 0 nitrogen and oxygen atoms in total. The Bertz CT molecular complexity index is 2720. The Morgan fingerprint density at radius 1 is 0.278 bits per heavy atom. The van der Waals surface area contributed by atoms with Crippen LogP contribution in [0.2, 0.25) is 0 Å². The van der Waals surface area contributed by atoms with E-state index < -0.39 is 0 Å². The predicted molar refractivity (Wildman–Crippen MR) is 222 cm³/mol. The predicted octanol–water partition coefficient (Wildman–Crippen LogP) is 12.2. The average Bonchev–Trinajstić information content (AvgIpc) is 3.22. The summed E-state index contributed by atoms with van der Waals surface area (Å²) in [6, 6.07) is 54.6. The fourth-order valence-electron chi connectivity index (χ4n) is 11.4. The van der Waals surface area contributed by atoms with Gasteiger partial charge >= 0.3 is 0 Å². The summed E-state index contributed by atoms with van der Waals surface area (Å²) < 4.78 is 0. The molecule has 0 saturated heterocycles. The van der Waals surface area contributed by atoms with Gasteiger partial charge in [-0.2, -0.15) is 0 Å². The molecule has 9 aromatic rings. The highest BCUT2D eigenvalue weighted by atomic mass is 14.5. The fraction of sp³-hybridized carbons (Fsp3) is 0.0741. The Kier molecular flexibility index (Phi) is 5.29. The average molecular weight is 679 g/mol. The smallest absolute Gasteiger partial charge is 0.0362 e. The Balaban J connectivity index is 1.20. The van der Waals surface area contributed by atoms with Gasteiger partial charge in [0.1, 0.15) is 0 Å². The third-order valence-electron chi connectivity index (χ3n) is 13.4. The summed E-state index contributed by atoms with van der Waals surface area (Å²) in [7, 11) is 0. The Morgan fingerprint density at radius 2 is 0.444 bits per heavy atom. The molecule has 0 saturated carbocycles. The molecule has 0 fully saturated rings. The maximum absolute atomic E-state index is 6.89. The van der Waals surface area contributed by atoms with Crippen LogP contribution >= 0.6 is 0 Å². The standard InChI is InChI=1S/C54H30/c1-3-37-51-47-39-21-29-13-5-9-17-33(29)25-43(39)49(44-26-34-18-10-6-14-30(34)22-40(44)47)53(51)38(4-2)54-50-45-27-35-19-11-7-15-31(35)23-41(45)48(52(37)54)42-24-32-16-8-12-20-36(32)28-46(42)50/h1-2,5-28,47-50H. The van der Waals surface area contributed by atoms with Gasteiger partial charge in [-0.15, -0.1) is 12.8 Å². The molecule has 0 radical (unpaired) electrons. The first-order chi connectivity index (χ1) is 26.7. The molecule has 6 aliphatic rings. The lowest BCUT2D eigenvalue weighted by molar-refractivity contribution is 0.713. The zero-order valence-electron chi connectivity index (χ0n) is 29.3. The quantitative estimate of drug-likeness (QED) is 0.140. The van der Waals surface area contributed by atoms with Gasteiger partial charge in [0.05, 0.1) is 0 Å². The summed E-state index contributed by atoms with van der Waals surface area (Å²) in [6.45, 7) is 0. The molecular formula is C54H30. The van der Waals surface area contributed by atoms with Gasteiger partial charge in [0.25, 0.3) is 0 Å². The van der Waals surface area contributed by atoms with Gasteiger partial charge < -0.3 is 0 Å². The highest BCUT2D eigenvalue weighted by Gasteiger charge is 2.51. The van der Waals surface area contributed by atoms with Gasteiger partial charge in [-0.05, 0) is 158 Å². The molecule has 0 heteroatoms. The molecular weight excluding hydrogens is 649 g/mol. The summed E-state index contributed by atoms with van der Waals surface area (Å²) in [4.78, 5) is 0. The molecule has 15 rings (SSSR count). The Labute approximate surface area is 313 Å². The summed E-state index contributed by atoms with van der Waals surface area (Å²) in [5.41, 5.74) is 17.9. The van der Waals surface area contributed by atoms with Crippen LogP contribution in [0.4, 0.5) is 0 Å². The van der Waals surface area contributed by atoms with E-state index in [1.54, 1.807) is 0 Å². The second-order valence-corrected chi connectivity index (χ2v) is 15.7. The molecule has 0 aliphatic heterocycles. The van der Waals surface area contributed by atoms with Crippen LogP contribution in [0.25, 0.3) is 43.1 Å². The summed E-state index contributed by atoms with van der Waals surface area (Å²) in [6.07, 6.45) is 13.8. The largest absolute Gasteiger partial charge is 0.115 e. The monoisotopic (exact) mass is 678 g/mol. The van der Waals surface area contributed by atoms with Crippen molar-refractivity contribution in [2.75, 3.05) is 0 Å². The first kappa shape index (κ1) is 28.7.